The zero-order valence-electron chi connectivity index (χ0n) is 12.6. The summed E-state index contributed by atoms with van der Waals surface area (Å²) in [5.74, 6) is 0. The van der Waals surface area contributed by atoms with Crippen LogP contribution in [0.25, 0.3) is 5.65 Å². The maximum Gasteiger partial charge on any atom is 0.282 e. The smallest absolute Gasteiger partial charge is 0.282 e. The summed E-state index contributed by atoms with van der Waals surface area (Å²) in [5.41, 5.74) is 0.766. The topological polar surface area (TPSA) is 90.8 Å². The normalized spacial score (nSPS) is 20.8. The van der Waals surface area contributed by atoms with Gasteiger partial charge in [-0.15, -0.1) is 0 Å². The van der Waals surface area contributed by atoms with Crippen LogP contribution in [0.5, 0.6) is 0 Å². The Kier molecular flexibility index (Phi) is 3.79. The Labute approximate surface area is 128 Å². The van der Waals surface area contributed by atoms with Crippen LogP contribution in [0, 0.1) is 0 Å². The van der Waals surface area contributed by atoms with E-state index in [9.17, 15) is 13.2 Å². The van der Waals surface area contributed by atoms with Crippen LogP contribution in [0.15, 0.2) is 23.1 Å². The number of rotatable bonds is 3. The summed E-state index contributed by atoms with van der Waals surface area (Å²) >= 11 is 0. The van der Waals surface area contributed by atoms with Crippen molar-refractivity contribution in [3.63, 3.8) is 0 Å². The Morgan fingerprint density at radius 3 is 2.86 bits per heavy atom. The lowest BCUT2D eigenvalue weighted by Gasteiger charge is -2.35. The quantitative estimate of drug-likeness (QED) is 0.882. The number of aromatic nitrogens is 3. The van der Waals surface area contributed by atoms with Crippen LogP contribution in [-0.2, 0) is 10.2 Å². The fraction of sp³-hybridized carbons (Fsp3) is 0.538. The molecule has 1 saturated heterocycles. The Balaban J connectivity index is 2.08. The molecule has 1 N–H and O–H groups in total. The zero-order chi connectivity index (χ0) is 15.9. The summed E-state index contributed by atoms with van der Waals surface area (Å²) in [6, 6.07) is 2.71. The average Bonchev–Trinajstić information content (AvgIpc) is 2.96. The first-order chi connectivity index (χ1) is 10.4. The molecule has 0 bridgehead atoms. The van der Waals surface area contributed by atoms with Crippen LogP contribution < -0.4 is 5.56 Å². The van der Waals surface area contributed by atoms with Gasteiger partial charge in [0.2, 0.25) is 0 Å². The van der Waals surface area contributed by atoms with E-state index in [2.05, 4.69) is 10.1 Å². The van der Waals surface area contributed by atoms with Gasteiger partial charge in [0.1, 0.15) is 0 Å². The van der Waals surface area contributed by atoms with Gasteiger partial charge in [0.15, 0.2) is 5.65 Å². The number of nitrogens with one attached hydrogen (secondary N) is 1. The highest BCUT2D eigenvalue weighted by atomic mass is 32.2. The molecule has 2 aromatic heterocycles. The van der Waals surface area contributed by atoms with Gasteiger partial charge < -0.3 is 0 Å². The summed E-state index contributed by atoms with van der Waals surface area (Å²) < 4.78 is 29.0. The van der Waals surface area contributed by atoms with E-state index >= 15 is 0 Å². The van der Waals surface area contributed by atoms with E-state index in [0.717, 1.165) is 12.8 Å². The predicted octanol–water partition coefficient (Wildman–Crippen LogP) is 0.356. The minimum absolute atomic E-state index is 0.238. The molecule has 0 radical (unpaired) electrons. The van der Waals surface area contributed by atoms with Crippen LogP contribution in [0.3, 0.4) is 0 Å². The lowest BCUT2D eigenvalue weighted by atomic mass is 10.0. The minimum atomic E-state index is -3.54. The summed E-state index contributed by atoms with van der Waals surface area (Å²) in [4.78, 5) is 16.6. The summed E-state index contributed by atoms with van der Waals surface area (Å²) in [5, 5.41) is 2.78. The van der Waals surface area contributed by atoms with Gasteiger partial charge >= 0.3 is 0 Å². The van der Waals surface area contributed by atoms with Gasteiger partial charge in [-0.2, -0.15) is 17.0 Å². The second-order valence-electron chi connectivity index (χ2n) is 5.59. The van der Waals surface area contributed by atoms with Crippen molar-refractivity contribution >= 4 is 15.9 Å². The van der Waals surface area contributed by atoms with Gasteiger partial charge in [-0.3, -0.25) is 9.89 Å². The highest BCUT2D eigenvalue weighted by molar-refractivity contribution is 7.86. The maximum absolute atomic E-state index is 12.5. The molecule has 0 saturated carbocycles. The van der Waals surface area contributed by atoms with Gasteiger partial charge in [0.05, 0.1) is 11.7 Å². The number of hydrogen-bond donors (Lipinski definition) is 1. The molecular weight excluding hydrogens is 306 g/mol. The number of hydrogen-bond acceptors (Lipinski definition) is 4. The highest BCUT2D eigenvalue weighted by Gasteiger charge is 2.35. The number of aromatic amines is 1. The van der Waals surface area contributed by atoms with Crippen molar-refractivity contribution < 1.29 is 8.42 Å². The van der Waals surface area contributed by atoms with Crippen LogP contribution in [0.4, 0.5) is 0 Å². The van der Waals surface area contributed by atoms with E-state index in [0.29, 0.717) is 24.3 Å². The number of nitrogens with zero attached hydrogens (tertiary/aromatic N) is 4. The number of fused-ring (bicyclic) bond motifs is 1. The molecule has 120 valence electrons. The highest BCUT2D eigenvalue weighted by Crippen LogP contribution is 2.32. The molecule has 1 aliphatic heterocycles. The Morgan fingerprint density at radius 2 is 2.14 bits per heavy atom. The fourth-order valence-corrected chi connectivity index (χ4v) is 4.12. The van der Waals surface area contributed by atoms with E-state index in [-0.39, 0.29) is 5.56 Å². The second kappa shape index (κ2) is 5.49. The summed E-state index contributed by atoms with van der Waals surface area (Å²) in [6.07, 6.45) is 4.02. The molecule has 1 aliphatic rings. The molecule has 8 nitrogen and oxygen atoms in total. The van der Waals surface area contributed by atoms with E-state index < -0.39 is 16.3 Å². The standard InChI is InChI=1S/C13H19N5O3S/c1-16(2)22(20,21)17-8-4-3-5-11(17)10-9-13(19)18-12(15-10)6-7-14-18/h6-7,9,11,14H,3-5,8H2,1-2H3. The third kappa shape index (κ3) is 2.44. The molecule has 0 amide bonds. The van der Waals surface area contributed by atoms with E-state index in [1.54, 1.807) is 12.3 Å². The molecule has 0 aromatic carbocycles. The maximum atomic E-state index is 12.5. The van der Waals surface area contributed by atoms with Crippen molar-refractivity contribution in [2.24, 2.45) is 0 Å². The Bertz CT molecular complexity index is 839. The van der Waals surface area contributed by atoms with Crippen molar-refractivity contribution in [2.45, 2.75) is 25.3 Å². The van der Waals surface area contributed by atoms with Crippen molar-refractivity contribution in [1.82, 2.24) is 23.2 Å². The molecule has 22 heavy (non-hydrogen) atoms. The molecular formula is C13H19N5O3S. The first-order valence-corrected chi connectivity index (χ1v) is 8.57. The Morgan fingerprint density at radius 1 is 1.36 bits per heavy atom. The van der Waals surface area contributed by atoms with Crippen LogP contribution in [-0.4, -0.2) is 52.3 Å². The summed E-state index contributed by atoms with van der Waals surface area (Å²) in [7, 11) is -0.515. The second-order valence-corrected chi connectivity index (χ2v) is 7.68. The van der Waals surface area contributed by atoms with Crippen LogP contribution >= 0.6 is 0 Å². The van der Waals surface area contributed by atoms with Crippen molar-refractivity contribution in [2.75, 3.05) is 20.6 Å². The molecule has 0 aliphatic carbocycles. The monoisotopic (exact) mass is 325 g/mol. The van der Waals surface area contributed by atoms with E-state index in [1.165, 1.54) is 33.3 Å². The molecule has 2 aromatic rings. The van der Waals surface area contributed by atoms with Crippen molar-refractivity contribution in [3.8, 4) is 0 Å². The van der Waals surface area contributed by atoms with Gasteiger partial charge in [0.25, 0.3) is 15.8 Å². The molecule has 3 heterocycles. The summed E-state index contributed by atoms with van der Waals surface area (Å²) in [6.45, 7) is 0.444. The van der Waals surface area contributed by atoms with Crippen molar-refractivity contribution in [1.29, 1.82) is 0 Å². The minimum Gasteiger partial charge on any atom is -0.297 e. The third-order valence-electron chi connectivity index (χ3n) is 3.95. The van der Waals surface area contributed by atoms with Crippen LogP contribution in [0.2, 0.25) is 0 Å². The molecule has 1 unspecified atom stereocenters. The largest absolute Gasteiger partial charge is 0.297 e. The lowest BCUT2D eigenvalue weighted by Crippen LogP contribution is -2.45. The van der Waals surface area contributed by atoms with Gasteiger partial charge in [-0.05, 0) is 12.8 Å². The molecule has 9 heteroatoms. The Hall–Kier alpha value is -1.71. The van der Waals surface area contributed by atoms with Gasteiger partial charge in [0, 0.05) is 39.0 Å². The molecule has 0 spiro atoms. The third-order valence-corrected chi connectivity index (χ3v) is 5.91. The first-order valence-electron chi connectivity index (χ1n) is 7.17. The van der Waals surface area contributed by atoms with Crippen LogP contribution in [0.1, 0.15) is 31.0 Å². The van der Waals surface area contributed by atoms with Crippen molar-refractivity contribution in [3.05, 3.63) is 34.4 Å². The van der Waals surface area contributed by atoms with E-state index in [1.807, 2.05) is 0 Å². The average molecular weight is 325 g/mol. The molecule has 1 atom stereocenters. The molecule has 1 fully saturated rings. The van der Waals surface area contributed by atoms with Gasteiger partial charge in [-0.25, -0.2) is 9.50 Å². The zero-order valence-corrected chi connectivity index (χ0v) is 13.4. The fourth-order valence-electron chi connectivity index (χ4n) is 2.80. The lowest BCUT2D eigenvalue weighted by molar-refractivity contribution is 0.238. The first kappa shape index (κ1) is 15.2. The van der Waals surface area contributed by atoms with Gasteiger partial charge in [-0.1, -0.05) is 6.42 Å². The SMILES string of the molecule is CN(C)S(=O)(=O)N1CCCCC1c1cc(=O)n2[nH]ccc2n1. The number of piperidine rings is 1. The number of H-pyrrole nitrogens is 1. The predicted molar refractivity (Wildman–Crippen MR) is 81.7 cm³/mol. The molecule has 3 rings (SSSR count). The van der Waals surface area contributed by atoms with E-state index in [4.69, 9.17) is 0 Å².